The second kappa shape index (κ2) is 5.18. The second-order valence-electron chi connectivity index (χ2n) is 1.63. The SMILES string of the molecule is CSCCC(N)[P+](=O)[O-]. The molecule has 0 aliphatic rings. The molecular weight excluding hydrogens is 157 g/mol. The lowest BCUT2D eigenvalue weighted by Gasteiger charge is -1.98. The van der Waals surface area contributed by atoms with Gasteiger partial charge in [0.05, 0.1) is 0 Å². The van der Waals surface area contributed by atoms with Gasteiger partial charge in [0.25, 0.3) is 0 Å². The molecule has 0 aromatic rings. The lowest BCUT2D eigenvalue weighted by atomic mass is 10.5. The van der Waals surface area contributed by atoms with Crippen LogP contribution in [0.1, 0.15) is 6.42 Å². The van der Waals surface area contributed by atoms with Crippen LogP contribution in [0.2, 0.25) is 0 Å². The molecule has 3 nitrogen and oxygen atoms in total. The topological polar surface area (TPSA) is 66.2 Å². The summed E-state index contributed by atoms with van der Waals surface area (Å²) in [5, 5.41) is 0. The third kappa shape index (κ3) is 4.85. The Morgan fingerprint density at radius 1 is 1.89 bits per heavy atom. The van der Waals surface area contributed by atoms with Crippen LogP contribution in [0, 0.1) is 0 Å². The molecule has 5 heteroatoms. The Bertz CT molecular complexity index is 101. The molecule has 0 aromatic heterocycles. The van der Waals surface area contributed by atoms with E-state index in [0.717, 1.165) is 5.75 Å². The maximum Gasteiger partial charge on any atom is 0.327 e. The van der Waals surface area contributed by atoms with Crippen molar-refractivity contribution in [3.63, 3.8) is 0 Å². The first-order chi connectivity index (χ1) is 4.18. The second-order valence-corrected chi connectivity index (χ2v) is 3.85. The molecule has 0 fully saturated rings. The first-order valence-electron chi connectivity index (χ1n) is 2.56. The summed E-state index contributed by atoms with van der Waals surface area (Å²) in [5.41, 5.74) is 5.19. The Hall–Kier alpha value is 0.370. The molecule has 9 heavy (non-hydrogen) atoms. The van der Waals surface area contributed by atoms with E-state index in [4.69, 9.17) is 5.73 Å². The van der Waals surface area contributed by atoms with E-state index in [9.17, 15) is 9.46 Å². The van der Waals surface area contributed by atoms with Gasteiger partial charge in [-0.05, 0) is 12.0 Å². The van der Waals surface area contributed by atoms with E-state index < -0.39 is 13.8 Å². The van der Waals surface area contributed by atoms with Crippen LogP contribution in [-0.4, -0.2) is 17.8 Å². The van der Waals surface area contributed by atoms with Gasteiger partial charge in [0, 0.05) is 6.42 Å². The fourth-order valence-electron chi connectivity index (χ4n) is 0.344. The monoisotopic (exact) mass is 167 g/mol. The highest BCUT2D eigenvalue weighted by Crippen LogP contribution is 2.16. The van der Waals surface area contributed by atoms with Crippen molar-refractivity contribution in [3.05, 3.63) is 0 Å². The summed E-state index contributed by atoms with van der Waals surface area (Å²) >= 11 is 1.60. The maximum absolute atomic E-state index is 10.1. The molecule has 0 rings (SSSR count). The third-order valence-corrected chi connectivity index (χ3v) is 2.33. The molecule has 2 N–H and O–H groups in total. The number of thioether (sulfide) groups is 1. The molecule has 0 bridgehead atoms. The average Bonchev–Trinajstić information content (AvgIpc) is 1.82. The van der Waals surface area contributed by atoms with Crippen molar-refractivity contribution in [1.82, 2.24) is 0 Å². The molecule has 0 aliphatic heterocycles. The zero-order valence-electron chi connectivity index (χ0n) is 5.24. The molecular formula is C4H10NO2PS. The van der Waals surface area contributed by atoms with E-state index in [0.29, 0.717) is 6.42 Å². The largest absolute Gasteiger partial charge is 0.594 e. The highest BCUT2D eigenvalue weighted by molar-refractivity contribution is 7.98. The molecule has 2 atom stereocenters. The Kier molecular flexibility index (Phi) is 5.39. The van der Waals surface area contributed by atoms with Crippen molar-refractivity contribution in [2.24, 2.45) is 5.73 Å². The summed E-state index contributed by atoms with van der Waals surface area (Å²) in [5.74, 6) is 0.164. The molecule has 0 saturated carbocycles. The summed E-state index contributed by atoms with van der Waals surface area (Å²) in [6, 6.07) is 0. The van der Waals surface area contributed by atoms with E-state index in [1.165, 1.54) is 0 Å². The van der Waals surface area contributed by atoms with E-state index in [1.54, 1.807) is 11.8 Å². The summed E-state index contributed by atoms with van der Waals surface area (Å²) in [6.45, 7) is 0. The van der Waals surface area contributed by atoms with Crippen molar-refractivity contribution in [1.29, 1.82) is 0 Å². The van der Waals surface area contributed by atoms with E-state index in [2.05, 4.69) is 0 Å². The zero-order valence-corrected chi connectivity index (χ0v) is 6.95. The summed E-state index contributed by atoms with van der Waals surface area (Å²) in [7, 11) is -2.41. The van der Waals surface area contributed by atoms with Crippen LogP contribution < -0.4 is 10.6 Å². The summed E-state index contributed by atoms with van der Waals surface area (Å²) in [4.78, 5) is 10.1. The Balaban J connectivity index is 3.27. The molecule has 0 aromatic carbocycles. The summed E-state index contributed by atoms with van der Waals surface area (Å²) < 4.78 is 10.1. The average molecular weight is 167 g/mol. The van der Waals surface area contributed by atoms with Crippen LogP contribution in [0.4, 0.5) is 0 Å². The smallest absolute Gasteiger partial charge is 0.327 e. The standard InChI is InChI=1S/C4H10NO2PS/c1-9-3-2-4(5)8(6)7/h4H,2-3,5H2,1H3. The van der Waals surface area contributed by atoms with Crippen LogP contribution >= 0.6 is 19.8 Å². The minimum absolute atomic E-state index is 0.555. The molecule has 0 saturated heterocycles. The molecule has 54 valence electrons. The van der Waals surface area contributed by atoms with Gasteiger partial charge in [0.1, 0.15) is 0 Å². The van der Waals surface area contributed by atoms with Crippen LogP contribution in [0.3, 0.4) is 0 Å². The Morgan fingerprint density at radius 2 is 2.44 bits per heavy atom. The van der Waals surface area contributed by atoms with Crippen molar-refractivity contribution < 1.29 is 9.46 Å². The van der Waals surface area contributed by atoms with Gasteiger partial charge in [0.15, 0.2) is 0 Å². The number of rotatable bonds is 4. The van der Waals surface area contributed by atoms with Crippen LogP contribution in [0.5, 0.6) is 0 Å². The zero-order chi connectivity index (χ0) is 7.28. The highest BCUT2D eigenvalue weighted by Gasteiger charge is 2.13. The van der Waals surface area contributed by atoms with Gasteiger partial charge in [0.2, 0.25) is 5.78 Å². The van der Waals surface area contributed by atoms with E-state index >= 15 is 0 Å². The Morgan fingerprint density at radius 3 is 2.78 bits per heavy atom. The number of hydrogen-bond donors (Lipinski definition) is 1. The van der Waals surface area contributed by atoms with Crippen LogP contribution in [0.25, 0.3) is 0 Å². The van der Waals surface area contributed by atoms with E-state index in [1.807, 2.05) is 6.26 Å². The van der Waals surface area contributed by atoms with Crippen LogP contribution in [-0.2, 0) is 4.57 Å². The fraction of sp³-hybridized carbons (Fsp3) is 1.00. The Labute approximate surface area is 59.9 Å². The molecule has 0 spiro atoms. The van der Waals surface area contributed by atoms with E-state index in [-0.39, 0.29) is 0 Å². The van der Waals surface area contributed by atoms with Gasteiger partial charge in [-0.1, -0.05) is 4.57 Å². The van der Waals surface area contributed by atoms with Gasteiger partial charge >= 0.3 is 8.03 Å². The predicted molar refractivity (Wildman–Crippen MR) is 38.6 cm³/mol. The van der Waals surface area contributed by atoms with Gasteiger partial charge in [-0.25, -0.2) is 0 Å². The molecule has 0 aliphatic carbocycles. The summed E-state index contributed by atoms with van der Waals surface area (Å²) in [6.07, 6.45) is 2.48. The first kappa shape index (κ1) is 9.37. The highest BCUT2D eigenvalue weighted by atomic mass is 32.2. The lowest BCUT2D eigenvalue weighted by molar-refractivity contribution is -0.166. The first-order valence-corrected chi connectivity index (χ1v) is 5.20. The molecule has 0 radical (unpaired) electrons. The van der Waals surface area contributed by atoms with Gasteiger partial charge < -0.3 is 4.89 Å². The van der Waals surface area contributed by atoms with Crippen molar-refractivity contribution in [2.75, 3.05) is 12.0 Å². The van der Waals surface area contributed by atoms with Crippen LogP contribution in [0.15, 0.2) is 0 Å². The predicted octanol–water partition coefficient (Wildman–Crippen LogP) is 0.127. The lowest BCUT2D eigenvalue weighted by Crippen LogP contribution is -2.19. The molecule has 0 heterocycles. The van der Waals surface area contributed by atoms with Crippen molar-refractivity contribution in [2.45, 2.75) is 12.2 Å². The quantitative estimate of drug-likeness (QED) is 0.604. The molecule has 2 unspecified atom stereocenters. The normalized spacial score (nSPS) is 15.2. The van der Waals surface area contributed by atoms with Crippen molar-refractivity contribution in [3.8, 4) is 0 Å². The number of hydrogen-bond acceptors (Lipinski definition) is 4. The number of nitrogens with two attached hydrogens (primary N) is 1. The van der Waals surface area contributed by atoms with Gasteiger partial charge in [-0.15, -0.1) is 0 Å². The molecule has 0 amide bonds. The van der Waals surface area contributed by atoms with Gasteiger partial charge in [-0.2, -0.15) is 11.8 Å². The van der Waals surface area contributed by atoms with Crippen molar-refractivity contribution >= 4 is 19.8 Å². The maximum atomic E-state index is 10.1. The minimum atomic E-state index is -2.41. The minimum Gasteiger partial charge on any atom is -0.594 e. The fourth-order valence-corrected chi connectivity index (χ4v) is 1.35. The third-order valence-electron chi connectivity index (χ3n) is 0.889. The van der Waals surface area contributed by atoms with Gasteiger partial charge in [-0.3, -0.25) is 5.73 Å².